The normalized spacial score (nSPS) is 24.8. The van der Waals surface area contributed by atoms with Crippen molar-refractivity contribution in [1.82, 2.24) is 0 Å². The molecule has 3 heteroatoms. The molecule has 1 saturated heterocycles. The Labute approximate surface area is 107 Å². The van der Waals surface area contributed by atoms with Crippen LogP contribution in [0.5, 0.6) is 0 Å². The molecule has 2 N–H and O–H groups in total. The largest absolute Gasteiger partial charge is 0.379 e. The average molecular weight is 252 g/mol. The van der Waals surface area contributed by atoms with E-state index in [0.717, 1.165) is 24.8 Å². The molecule has 0 spiro atoms. The Hall–Kier alpha value is -0.570. The molecule has 0 radical (unpaired) electrons. The zero-order chi connectivity index (χ0) is 11.9. The minimum Gasteiger partial charge on any atom is -0.379 e. The fraction of sp³-hybridized carbons (Fsp3) is 0.571. The Morgan fingerprint density at radius 2 is 1.82 bits per heavy atom. The number of hydrogen-bond donors (Lipinski definition) is 1. The van der Waals surface area contributed by atoms with E-state index < -0.39 is 0 Å². The first kappa shape index (κ1) is 11.5. The van der Waals surface area contributed by atoms with Crippen molar-refractivity contribution in [1.29, 1.82) is 0 Å². The van der Waals surface area contributed by atoms with Crippen molar-refractivity contribution in [2.75, 3.05) is 19.8 Å². The highest BCUT2D eigenvalue weighted by Crippen LogP contribution is 2.57. The van der Waals surface area contributed by atoms with Crippen molar-refractivity contribution < 1.29 is 4.74 Å². The molecule has 0 aromatic heterocycles. The highest BCUT2D eigenvalue weighted by Gasteiger charge is 2.58. The summed E-state index contributed by atoms with van der Waals surface area (Å²) in [5, 5.41) is 0.791. The molecule has 92 valence electrons. The fourth-order valence-electron chi connectivity index (χ4n) is 3.34. The number of hydrogen-bond acceptors (Lipinski definition) is 2. The molecule has 0 amide bonds. The summed E-state index contributed by atoms with van der Waals surface area (Å²) >= 11 is 5.96. The molecule has 1 aliphatic heterocycles. The highest BCUT2D eigenvalue weighted by molar-refractivity contribution is 6.30. The van der Waals surface area contributed by atoms with Crippen LogP contribution in [0.25, 0.3) is 0 Å². The second-order valence-corrected chi connectivity index (χ2v) is 5.86. The highest BCUT2D eigenvalue weighted by atomic mass is 35.5. The van der Waals surface area contributed by atoms with Gasteiger partial charge in [0, 0.05) is 10.4 Å². The lowest BCUT2D eigenvalue weighted by molar-refractivity contribution is -0.153. The summed E-state index contributed by atoms with van der Waals surface area (Å²) < 4.78 is 5.52. The molecule has 2 aliphatic rings. The minimum absolute atomic E-state index is 0.143. The molecule has 1 aliphatic carbocycles. The van der Waals surface area contributed by atoms with Crippen molar-refractivity contribution in [2.24, 2.45) is 11.1 Å². The van der Waals surface area contributed by atoms with E-state index in [1.165, 1.54) is 24.8 Å². The van der Waals surface area contributed by atoms with Crippen LogP contribution in [0.2, 0.25) is 5.02 Å². The number of benzene rings is 1. The number of rotatable bonds is 3. The van der Waals surface area contributed by atoms with E-state index in [1.807, 2.05) is 12.1 Å². The second kappa shape index (κ2) is 3.98. The maximum absolute atomic E-state index is 6.05. The SMILES string of the molecule is NCC1(C2(c3ccc(Cl)cc3)COC2)CCC1. The molecule has 17 heavy (non-hydrogen) atoms. The van der Waals surface area contributed by atoms with E-state index in [4.69, 9.17) is 22.1 Å². The van der Waals surface area contributed by atoms with Gasteiger partial charge in [0.2, 0.25) is 0 Å². The van der Waals surface area contributed by atoms with Crippen molar-refractivity contribution in [3.8, 4) is 0 Å². The molecule has 1 heterocycles. The Morgan fingerprint density at radius 3 is 2.18 bits per heavy atom. The summed E-state index contributed by atoms with van der Waals surface area (Å²) in [4.78, 5) is 0. The average Bonchev–Trinajstić information content (AvgIpc) is 2.22. The third-order valence-corrected chi connectivity index (χ3v) is 5.06. The van der Waals surface area contributed by atoms with Gasteiger partial charge in [-0.1, -0.05) is 30.2 Å². The zero-order valence-corrected chi connectivity index (χ0v) is 10.7. The Balaban J connectivity index is 1.99. The molecule has 0 bridgehead atoms. The molecule has 1 saturated carbocycles. The molecule has 3 rings (SSSR count). The summed E-state index contributed by atoms with van der Waals surface area (Å²) in [6.45, 7) is 2.39. The van der Waals surface area contributed by atoms with Gasteiger partial charge in [0.25, 0.3) is 0 Å². The fourth-order valence-corrected chi connectivity index (χ4v) is 3.46. The van der Waals surface area contributed by atoms with Gasteiger partial charge in [-0.15, -0.1) is 0 Å². The Morgan fingerprint density at radius 1 is 1.18 bits per heavy atom. The van der Waals surface area contributed by atoms with Crippen molar-refractivity contribution in [3.63, 3.8) is 0 Å². The van der Waals surface area contributed by atoms with Gasteiger partial charge in [-0.2, -0.15) is 0 Å². The number of halogens is 1. The van der Waals surface area contributed by atoms with Crippen LogP contribution < -0.4 is 5.73 Å². The molecule has 1 aromatic rings. The molecule has 2 fully saturated rings. The van der Waals surface area contributed by atoms with Gasteiger partial charge >= 0.3 is 0 Å². The summed E-state index contributed by atoms with van der Waals surface area (Å²) in [5.74, 6) is 0. The standard InChI is InChI=1S/C14H18ClNO/c15-12-4-2-11(3-5-12)14(9-17-10-14)13(8-16)6-1-7-13/h2-5H,1,6-10,16H2. The van der Waals surface area contributed by atoms with Crippen LogP contribution in [-0.4, -0.2) is 19.8 Å². The number of nitrogens with two attached hydrogens (primary N) is 1. The lowest BCUT2D eigenvalue weighted by Crippen LogP contribution is -2.64. The summed E-state index contributed by atoms with van der Waals surface area (Å²) in [7, 11) is 0. The van der Waals surface area contributed by atoms with Crippen LogP contribution >= 0.6 is 11.6 Å². The Kier molecular flexibility index (Phi) is 2.69. The van der Waals surface area contributed by atoms with E-state index in [0.29, 0.717) is 0 Å². The summed E-state index contributed by atoms with van der Waals surface area (Å²) in [5.41, 5.74) is 7.80. The van der Waals surface area contributed by atoms with Gasteiger partial charge < -0.3 is 10.5 Å². The molecular weight excluding hydrogens is 234 g/mol. The predicted octanol–water partition coefficient (Wildman–Crippen LogP) is 2.74. The lowest BCUT2D eigenvalue weighted by Gasteiger charge is -2.60. The Bertz CT molecular complexity index is 401. The van der Waals surface area contributed by atoms with Crippen LogP contribution in [0.3, 0.4) is 0 Å². The lowest BCUT2D eigenvalue weighted by atomic mass is 9.50. The van der Waals surface area contributed by atoms with Crippen molar-refractivity contribution >= 4 is 11.6 Å². The van der Waals surface area contributed by atoms with Gasteiger partial charge in [0.1, 0.15) is 0 Å². The predicted molar refractivity (Wildman–Crippen MR) is 69.3 cm³/mol. The topological polar surface area (TPSA) is 35.2 Å². The molecule has 0 atom stereocenters. The first-order chi connectivity index (χ1) is 8.22. The smallest absolute Gasteiger partial charge is 0.0591 e. The van der Waals surface area contributed by atoms with Gasteiger partial charge in [0.15, 0.2) is 0 Å². The first-order valence-electron chi connectivity index (χ1n) is 6.26. The van der Waals surface area contributed by atoms with Crippen LogP contribution in [0.1, 0.15) is 24.8 Å². The number of ether oxygens (including phenoxy) is 1. The third-order valence-electron chi connectivity index (χ3n) is 4.81. The van der Waals surface area contributed by atoms with Crippen LogP contribution in [-0.2, 0) is 10.2 Å². The van der Waals surface area contributed by atoms with E-state index in [2.05, 4.69) is 12.1 Å². The first-order valence-corrected chi connectivity index (χ1v) is 6.64. The summed E-state index contributed by atoms with van der Waals surface area (Å²) in [6.07, 6.45) is 3.76. The van der Waals surface area contributed by atoms with Crippen molar-refractivity contribution in [2.45, 2.75) is 24.7 Å². The van der Waals surface area contributed by atoms with E-state index in [-0.39, 0.29) is 10.8 Å². The maximum Gasteiger partial charge on any atom is 0.0591 e. The van der Waals surface area contributed by atoms with Gasteiger partial charge in [-0.05, 0) is 42.5 Å². The molecule has 2 nitrogen and oxygen atoms in total. The second-order valence-electron chi connectivity index (χ2n) is 5.42. The quantitative estimate of drug-likeness (QED) is 0.897. The maximum atomic E-state index is 6.05. The van der Waals surface area contributed by atoms with E-state index >= 15 is 0 Å². The van der Waals surface area contributed by atoms with Gasteiger partial charge in [-0.25, -0.2) is 0 Å². The van der Waals surface area contributed by atoms with Crippen LogP contribution in [0.15, 0.2) is 24.3 Å². The molecular formula is C14H18ClNO. The van der Waals surface area contributed by atoms with Crippen LogP contribution in [0, 0.1) is 5.41 Å². The zero-order valence-electron chi connectivity index (χ0n) is 9.92. The molecule has 0 unspecified atom stereocenters. The van der Waals surface area contributed by atoms with Crippen molar-refractivity contribution in [3.05, 3.63) is 34.9 Å². The summed E-state index contributed by atoms with van der Waals surface area (Å²) in [6, 6.07) is 8.22. The molecule has 1 aromatic carbocycles. The van der Waals surface area contributed by atoms with Gasteiger partial charge in [0.05, 0.1) is 13.2 Å². The van der Waals surface area contributed by atoms with E-state index in [9.17, 15) is 0 Å². The third kappa shape index (κ3) is 1.48. The minimum atomic E-state index is 0.143. The van der Waals surface area contributed by atoms with E-state index in [1.54, 1.807) is 0 Å². The monoisotopic (exact) mass is 251 g/mol. The van der Waals surface area contributed by atoms with Crippen LogP contribution in [0.4, 0.5) is 0 Å². The van der Waals surface area contributed by atoms with Gasteiger partial charge in [-0.3, -0.25) is 0 Å².